The van der Waals surface area contributed by atoms with Crippen molar-refractivity contribution in [2.24, 2.45) is 11.7 Å². The largest absolute Gasteiger partial charge is 0.368 e. The van der Waals surface area contributed by atoms with Gasteiger partial charge in [0.2, 0.25) is 5.91 Å². The van der Waals surface area contributed by atoms with E-state index < -0.39 is 5.54 Å². The molecule has 1 saturated carbocycles. The third-order valence-electron chi connectivity index (χ3n) is 4.26. The molecule has 0 heterocycles. The van der Waals surface area contributed by atoms with Crippen LogP contribution in [0.2, 0.25) is 0 Å². The van der Waals surface area contributed by atoms with Crippen LogP contribution in [0.3, 0.4) is 0 Å². The zero-order valence-electron chi connectivity index (χ0n) is 11.1. The SMILES string of the molecule is C[C@@H](N[C@]1(C(N)=O)CCC[C@@H]1C)c1ccccc1. The number of carbonyl (C=O) groups is 1. The molecule has 0 bridgehead atoms. The third-order valence-corrected chi connectivity index (χ3v) is 4.26. The van der Waals surface area contributed by atoms with Crippen LogP contribution < -0.4 is 11.1 Å². The third kappa shape index (κ3) is 2.27. The average Bonchev–Trinajstić information content (AvgIpc) is 2.73. The van der Waals surface area contributed by atoms with Crippen molar-refractivity contribution in [1.82, 2.24) is 5.32 Å². The summed E-state index contributed by atoms with van der Waals surface area (Å²) in [6, 6.07) is 10.3. The van der Waals surface area contributed by atoms with Crippen LogP contribution in [0.15, 0.2) is 30.3 Å². The summed E-state index contributed by atoms with van der Waals surface area (Å²) < 4.78 is 0. The number of nitrogens with one attached hydrogen (secondary N) is 1. The molecule has 1 aromatic carbocycles. The Hall–Kier alpha value is -1.35. The van der Waals surface area contributed by atoms with E-state index in [9.17, 15) is 4.79 Å². The molecular weight excluding hydrogens is 224 g/mol. The number of hydrogen-bond donors (Lipinski definition) is 2. The Morgan fingerprint density at radius 1 is 1.44 bits per heavy atom. The summed E-state index contributed by atoms with van der Waals surface area (Å²) in [6.45, 7) is 4.20. The van der Waals surface area contributed by atoms with E-state index in [4.69, 9.17) is 5.73 Å². The van der Waals surface area contributed by atoms with Crippen LogP contribution in [-0.4, -0.2) is 11.4 Å². The summed E-state index contributed by atoms with van der Waals surface area (Å²) in [5.74, 6) is 0.0939. The molecule has 1 aliphatic carbocycles. The number of carbonyl (C=O) groups excluding carboxylic acids is 1. The van der Waals surface area contributed by atoms with Crippen molar-refractivity contribution in [3.8, 4) is 0 Å². The first-order valence-corrected chi connectivity index (χ1v) is 6.69. The summed E-state index contributed by atoms with van der Waals surface area (Å²) in [5.41, 5.74) is 6.31. The van der Waals surface area contributed by atoms with Crippen LogP contribution in [0.25, 0.3) is 0 Å². The van der Waals surface area contributed by atoms with E-state index >= 15 is 0 Å². The number of primary amides is 1. The lowest BCUT2D eigenvalue weighted by atomic mass is 9.86. The Kier molecular flexibility index (Phi) is 3.71. The summed E-state index contributed by atoms with van der Waals surface area (Å²) in [7, 11) is 0. The molecule has 1 aromatic rings. The molecule has 0 radical (unpaired) electrons. The number of hydrogen-bond acceptors (Lipinski definition) is 2. The quantitative estimate of drug-likeness (QED) is 0.857. The maximum atomic E-state index is 11.9. The van der Waals surface area contributed by atoms with Crippen LogP contribution in [-0.2, 0) is 4.79 Å². The van der Waals surface area contributed by atoms with E-state index in [2.05, 4.69) is 31.3 Å². The standard InChI is InChI=1S/C15H22N2O/c1-11-7-6-10-15(11,14(16)18)17-12(2)13-8-4-3-5-9-13/h3-5,8-9,11-12,17H,6-7,10H2,1-2H3,(H2,16,18)/t11-,12+,15+/m0/s1. The first-order valence-electron chi connectivity index (χ1n) is 6.69. The van der Waals surface area contributed by atoms with Crippen molar-refractivity contribution in [1.29, 1.82) is 0 Å². The van der Waals surface area contributed by atoms with Gasteiger partial charge in [-0.2, -0.15) is 0 Å². The lowest BCUT2D eigenvalue weighted by molar-refractivity contribution is -0.126. The van der Waals surface area contributed by atoms with E-state index in [-0.39, 0.29) is 11.9 Å². The first kappa shape index (κ1) is 13.1. The second-order valence-electron chi connectivity index (χ2n) is 5.41. The second kappa shape index (κ2) is 5.11. The average molecular weight is 246 g/mol. The smallest absolute Gasteiger partial charge is 0.238 e. The molecule has 0 aromatic heterocycles. The van der Waals surface area contributed by atoms with Crippen LogP contribution in [0.5, 0.6) is 0 Å². The van der Waals surface area contributed by atoms with Gasteiger partial charge in [-0.05, 0) is 31.2 Å². The lowest BCUT2D eigenvalue weighted by Gasteiger charge is -2.35. The van der Waals surface area contributed by atoms with Gasteiger partial charge in [0.05, 0.1) is 0 Å². The summed E-state index contributed by atoms with van der Waals surface area (Å²) in [4.78, 5) is 11.9. The maximum absolute atomic E-state index is 11.9. The summed E-state index contributed by atoms with van der Waals surface area (Å²) >= 11 is 0. The van der Waals surface area contributed by atoms with Crippen LogP contribution in [0.1, 0.15) is 44.7 Å². The van der Waals surface area contributed by atoms with E-state index in [1.54, 1.807) is 0 Å². The second-order valence-corrected chi connectivity index (χ2v) is 5.41. The highest BCUT2D eigenvalue weighted by Gasteiger charge is 2.45. The van der Waals surface area contributed by atoms with E-state index in [0.717, 1.165) is 19.3 Å². The molecule has 3 atom stereocenters. The number of amides is 1. The van der Waals surface area contributed by atoms with Gasteiger partial charge in [0.1, 0.15) is 5.54 Å². The van der Waals surface area contributed by atoms with E-state index in [1.165, 1.54) is 5.56 Å². The van der Waals surface area contributed by atoms with Crippen molar-refractivity contribution in [3.63, 3.8) is 0 Å². The molecule has 1 fully saturated rings. The highest BCUT2D eigenvalue weighted by molar-refractivity contribution is 5.85. The van der Waals surface area contributed by atoms with Gasteiger partial charge in [-0.1, -0.05) is 43.7 Å². The van der Waals surface area contributed by atoms with Crippen LogP contribution >= 0.6 is 0 Å². The van der Waals surface area contributed by atoms with Crippen molar-refractivity contribution < 1.29 is 4.79 Å². The summed E-state index contributed by atoms with van der Waals surface area (Å²) in [5, 5.41) is 3.48. The highest BCUT2D eigenvalue weighted by atomic mass is 16.1. The van der Waals surface area contributed by atoms with Crippen molar-refractivity contribution in [2.75, 3.05) is 0 Å². The van der Waals surface area contributed by atoms with Gasteiger partial charge < -0.3 is 5.73 Å². The fraction of sp³-hybridized carbons (Fsp3) is 0.533. The van der Waals surface area contributed by atoms with Gasteiger partial charge in [0, 0.05) is 6.04 Å². The number of nitrogens with two attached hydrogens (primary N) is 1. The Balaban J connectivity index is 2.18. The summed E-state index contributed by atoms with van der Waals surface area (Å²) in [6.07, 6.45) is 2.98. The molecule has 18 heavy (non-hydrogen) atoms. The molecule has 3 N–H and O–H groups in total. The first-order chi connectivity index (χ1) is 8.56. The maximum Gasteiger partial charge on any atom is 0.238 e. The van der Waals surface area contributed by atoms with Crippen molar-refractivity contribution in [3.05, 3.63) is 35.9 Å². The Morgan fingerprint density at radius 3 is 2.61 bits per heavy atom. The Bertz CT molecular complexity index is 418. The number of benzene rings is 1. The molecule has 2 rings (SSSR count). The monoisotopic (exact) mass is 246 g/mol. The molecule has 3 heteroatoms. The minimum absolute atomic E-state index is 0.138. The Labute approximate surface area is 109 Å². The molecule has 3 nitrogen and oxygen atoms in total. The molecule has 1 amide bonds. The van der Waals surface area contributed by atoms with Crippen molar-refractivity contribution in [2.45, 2.75) is 44.7 Å². The van der Waals surface area contributed by atoms with Gasteiger partial charge in [0.15, 0.2) is 0 Å². The zero-order chi connectivity index (χ0) is 13.2. The van der Waals surface area contributed by atoms with Gasteiger partial charge in [0.25, 0.3) is 0 Å². The van der Waals surface area contributed by atoms with E-state index in [1.807, 2.05) is 18.2 Å². The predicted molar refractivity (Wildman–Crippen MR) is 72.9 cm³/mol. The Morgan fingerprint density at radius 2 is 2.11 bits per heavy atom. The molecule has 0 unspecified atom stereocenters. The predicted octanol–water partition coefficient (Wildman–Crippen LogP) is 2.38. The lowest BCUT2D eigenvalue weighted by Crippen LogP contribution is -2.57. The van der Waals surface area contributed by atoms with Crippen LogP contribution in [0.4, 0.5) is 0 Å². The molecule has 0 aliphatic heterocycles. The minimum Gasteiger partial charge on any atom is -0.368 e. The zero-order valence-corrected chi connectivity index (χ0v) is 11.1. The fourth-order valence-corrected chi connectivity index (χ4v) is 3.04. The molecule has 0 spiro atoms. The van der Waals surface area contributed by atoms with Crippen molar-refractivity contribution >= 4 is 5.91 Å². The highest BCUT2D eigenvalue weighted by Crippen LogP contribution is 2.37. The molecular formula is C15H22N2O. The topological polar surface area (TPSA) is 55.1 Å². The number of rotatable bonds is 4. The van der Waals surface area contributed by atoms with Gasteiger partial charge in [-0.25, -0.2) is 0 Å². The normalized spacial score (nSPS) is 29.1. The molecule has 98 valence electrons. The van der Waals surface area contributed by atoms with Gasteiger partial charge >= 0.3 is 0 Å². The molecule has 1 aliphatic rings. The van der Waals surface area contributed by atoms with Gasteiger partial charge in [-0.15, -0.1) is 0 Å². The molecule has 0 saturated heterocycles. The van der Waals surface area contributed by atoms with Crippen LogP contribution in [0, 0.1) is 5.92 Å². The van der Waals surface area contributed by atoms with Gasteiger partial charge in [-0.3, -0.25) is 10.1 Å². The van der Waals surface area contributed by atoms with E-state index in [0.29, 0.717) is 5.92 Å². The minimum atomic E-state index is -0.532. The fourth-order valence-electron chi connectivity index (χ4n) is 3.04.